The lowest BCUT2D eigenvalue weighted by molar-refractivity contribution is 0.0963. The van der Waals surface area contributed by atoms with Crippen LogP contribution in [0.5, 0.6) is 0 Å². The monoisotopic (exact) mass is 491 g/mol. The highest BCUT2D eigenvalue weighted by molar-refractivity contribution is 6.63. The fourth-order valence-corrected chi connectivity index (χ4v) is 2.80. The molecule has 0 atom stereocenters. The summed E-state index contributed by atoms with van der Waals surface area (Å²) in [6, 6.07) is 15.7. The Labute approximate surface area is 197 Å². The number of carbonyl (C=O) groups excluding carboxylic acids is 1. The van der Waals surface area contributed by atoms with Crippen molar-refractivity contribution in [3.8, 4) is 28.5 Å². The van der Waals surface area contributed by atoms with Crippen LogP contribution in [0.4, 0.5) is 0 Å². The first-order valence-corrected chi connectivity index (χ1v) is 10.4. The largest absolute Gasteiger partial charge is 0.442 e. The Morgan fingerprint density at radius 1 is 0.969 bits per heavy atom. The highest BCUT2D eigenvalue weighted by Crippen LogP contribution is 2.29. The van der Waals surface area contributed by atoms with Crippen molar-refractivity contribution in [1.82, 2.24) is 25.1 Å². The number of rotatable bonds is 4. The molecule has 0 aliphatic carbocycles. The normalized spacial score (nSPS) is 10.4. The van der Waals surface area contributed by atoms with E-state index in [-0.39, 0.29) is 11.8 Å². The topological polar surface area (TPSA) is 103 Å². The molecule has 1 N–H and O–H groups in total. The molecule has 0 saturated carbocycles. The van der Waals surface area contributed by atoms with Crippen LogP contribution in [0.15, 0.2) is 76.2 Å². The lowest BCUT2D eigenvalue weighted by Crippen LogP contribution is -2.19. The first-order valence-electron chi connectivity index (χ1n) is 9.13. The van der Waals surface area contributed by atoms with Gasteiger partial charge >= 0.3 is 5.76 Å². The predicted molar refractivity (Wildman–Crippen MR) is 123 cm³/mol. The summed E-state index contributed by atoms with van der Waals surface area (Å²) in [5.41, 5.74) is 2.15. The Kier molecular flexibility index (Phi) is 7.99. The van der Waals surface area contributed by atoms with E-state index in [0.717, 1.165) is 0 Å². The Balaban J connectivity index is 0.000000668. The maximum Gasteiger partial charge on any atom is 0.442 e. The molecule has 0 bridgehead atoms. The highest BCUT2D eigenvalue weighted by Gasteiger charge is 2.21. The molecule has 0 radical (unpaired) electrons. The van der Waals surface area contributed by atoms with Gasteiger partial charge in [0.15, 0.2) is 4.30 Å². The number of hydrogen-bond donors (Lipinski definition) is 1. The lowest BCUT2D eigenvalue weighted by Gasteiger charge is -2.09. The second-order valence-corrected chi connectivity index (χ2v) is 8.03. The first kappa shape index (κ1) is 23.5. The van der Waals surface area contributed by atoms with E-state index >= 15 is 0 Å². The Bertz CT molecular complexity index is 1260. The number of nitrogens with zero attached hydrogens (tertiary/aromatic N) is 4. The summed E-state index contributed by atoms with van der Waals surface area (Å²) in [6.45, 7) is 0. The van der Waals surface area contributed by atoms with Gasteiger partial charge in [-0.2, -0.15) is 4.68 Å². The number of nitrogens with one attached hydrogen (secondary N) is 1. The van der Waals surface area contributed by atoms with Crippen LogP contribution in [0.1, 0.15) is 10.4 Å². The average molecular weight is 493 g/mol. The van der Waals surface area contributed by atoms with E-state index < -0.39 is 10.1 Å². The molecule has 1 amide bonds. The van der Waals surface area contributed by atoms with Crippen molar-refractivity contribution in [3.63, 3.8) is 0 Å². The van der Waals surface area contributed by atoms with Crippen molar-refractivity contribution in [2.24, 2.45) is 0 Å². The van der Waals surface area contributed by atoms with E-state index in [1.807, 2.05) is 6.07 Å². The second-order valence-electron chi connectivity index (χ2n) is 6.05. The van der Waals surface area contributed by atoms with Crippen LogP contribution < -0.4 is 11.1 Å². The fourth-order valence-electron chi connectivity index (χ4n) is 2.80. The van der Waals surface area contributed by atoms with Crippen molar-refractivity contribution in [1.29, 1.82) is 0 Å². The van der Waals surface area contributed by atoms with Gasteiger partial charge < -0.3 is 9.73 Å². The van der Waals surface area contributed by atoms with Gasteiger partial charge in [-0.25, -0.2) is 4.79 Å². The van der Waals surface area contributed by atoms with Crippen LogP contribution in [0.2, 0.25) is 0 Å². The van der Waals surface area contributed by atoms with Crippen LogP contribution in [0.3, 0.4) is 0 Å². The van der Waals surface area contributed by atoms with Crippen molar-refractivity contribution in [2.45, 2.75) is 4.30 Å². The van der Waals surface area contributed by atoms with E-state index in [1.165, 1.54) is 4.68 Å². The summed E-state index contributed by atoms with van der Waals surface area (Å²) in [5, 5.41) is 6.89. The number of pyridine rings is 2. The summed E-state index contributed by atoms with van der Waals surface area (Å²) < 4.78 is 5.79. The molecule has 0 aliphatic rings. The number of para-hydroxylation sites is 1. The van der Waals surface area contributed by atoms with Crippen molar-refractivity contribution >= 4 is 40.7 Å². The highest BCUT2D eigenvalue weighted by atomic mass is 35.6. The third-order valence-corrected chi connectivity index (χ3v) is 4.09. The van der Waals surface area contributed by atoms with Gasteiger partial charge in [-0.05, 0) is 36.4 Å². The quantitative estimate of drug-likeness (QED) is 0.426. The molecule has 32 heavy (non-hydrogen) atoms. The molecular formula is C21H16Cl3N5O3. The van der Waals surface area contributed by atoms with Gasteiger partial charge in [-0.1, -0.05) is 53.0 Å². The van der Waals surface area contributed by atoms with Crippen molar-refractivity contribution in [3.05, 3.63) is 83.1 Å². The van der Waals surface area contributed by atoms with Gasteiger partial charge in [-0.3, -0.25) is 14.8 Å². The van der Waals surface area contributed by atoms with Gasteiger partial charge in [0.05, 0.1) is 16.8 Å². The minimum Gasteiger partial charge on any atom is -0.387 e. The van der Waals surface area contributed by atoms with Crippen LogP contribution in [0.25, 0.3) is 28.5 Å². The zero-order valence-corrected chi connectivity index (χ0v) is 18.8. The predicted octanol–water partition coefficient (Wildman–Crippen LogP) is 4.30. The van der Waals surface area contributed by atoms with Crippen LogP contribution in [-0.4, -0.2) is 37.0 Å². The van der Waals surface area contributed by atoms with E-state index in [4.69, 9.17) is 39.2 Å². The molecule has 8 nitrogen and oxygen atoms in total. The third kappa shape index (κ3) is 5.53. The molecule has 0 aliphatic heterocycles. The van der Waals surface area contributed by atoms with Gasteiger partial charge in [0, 0.05) is 19.4 Å². The zero-order valence-electron chi connectivity index (χ0n) is 16.6. The molecule has 0 fully saturated rings. The summed E-state index contributed by atoms with van der Waals surface area (Å²) in [6.07, 6.45) is 3.15. The molecule has 0 saturated heterocycles. The number of aromatic nitrogens is 4. The van der Waals surface area contributed by atoms with E-state index in [0.29, 0.717) is 28.2 Å². The maximum absolute atomic E-state index is 12.3. The molecule has 3 aromatic heterocycles. The Morgan fingerprint density at radius 3 is 2.25 bits per heavy atom. The number of benzene rings is 1. The molecule has 0 unspecified atom stereocenters. The molecule has 1 aromatic carbocycles. The van der Waals surface area contributed by atoms with Crippen molar-refractivity contribution in [2.75, 3.05) is 7.05 Å². The van der Waals surface area contributed by atoms with Crippen LogP contribution in [0, 0.1) is 0 Å². The van der Waals surface area contributed by atoms with Gasteiger partial charge in [0.1, 0.15) is 11.4 Å². The summed E-state index contributed by atoms with van der Waals surface area (Å²) in [5.74, 6) is -0.829. The van der Waals surface area contributed by atoms with Crippen LogP contribution in [-0.2, 0) is 0 Å². The molecule has 4 aromatic rings. The number of hydrogen-bond acceptors (Lipinski definition) is 6. The molecule has 4 rings (SSSR count). The molecular weight excluding hydrogens is 477 g/mol. The van der Waals surface area contributed by atoms with Crippen molar-refractivity contribution < 1.29 is 9.21 Å². The first-order chi connectivity index (χ1) is 15.4. The zero-order chi connectivity index (χ0) is 23.1. The average Bonchev–Trinajstić information content (AvgIpc) is 3.20. The number of amides is 1. The molecule has 0 spiro atoms. The van der Waals surface area contributed by atoms with Crippen LogP contribution >= 0.6 is 34.8 Å². The summed E-state index contributed by atoms with van der Waals surface area (Å²) in [4.78, 5) is 33.2. The summed E-state index contributed by atoms with van der Waals surface area (Å²) >= 11 is 14.4. The van der Waals surface area contributed by atoms with Gasteiger partial charge in [0.2, 0.25) is 0 Å². The number of halogens is 3. The molecule has 3 heterocycles. The minimum absolute atomic E-state index is 0.0884. The Hall–Kier alpha value is -3.20. The van der Waals surface area contributed by atoms with Gasteiger partial charge in [-0.15, -0.1) is 5.10 Å². The molecule has 11 heteroatoms. The standard InChI is InChI=1S/C20H15N5O3.CHCl3/c1-21-18(26)14-9-5-11-22-16(14)17-15(10-6-12-23-17)19-24-25(20(27)28-19)13-7-3-2-4-8-13;2-1(3)4/h2-12H,1H3,(H,21,26);1H. The second kappa shape index (κ2) is 10.9. The molecule has 164 valence electrons. The fraction of sp³-hybridized carbons (Fsp3) is 0.0952. The van der Waals surface area contributed by atoms with E-state index in [2.05, 4.69) is 20.4 Å². The number of alkyl halides is 3. The van der Waals surface area contributed by atoms with E-state index in [9.17, 15) is 9.59 Å². The lowest BCUT2D eigenvalue weighted by atomic mass is 10.1. The SMILES string of the molecule is CNC(=O)c1cccnc1-c1ncccc1-c1nn(-c2ccccc2)c(=O)o1.ClC(Cl)Cl. The van der Waals surface area contributed by atoms with Gasteiger partial charge in [0.25, 0.3) is 11.8 Å². The minimum atomic E-state index is -0.750. The van der Waals surface area contributed by atoms with E-state index in [1.54, 1.807) is 68.0 Å². The summed E-state index contributed by atoms with van der Waals surface area (Å²) in [7, 11) is 1.54. The third-order valence-electron chi connectivity index (χ3n) is 4.09. The Morgan fingerprint density at radius 2 is 1.59 bits per heavy atom. The smallest absolute Gasteiger partial charge is 0.387 e. The number of carbonyl (C=O) groups is 1. The maximum atomic E-state index is 12.3.